The molecular formula is C31H29F3N6O3. The van der Waals surface area contributed by atoms with Gasteiger partial charge in [-0.05, 0) is 47.9 Å². The molecule has 222 valence electrons. The van der Waals surface area contributed by atoms with Crippen LogP contribution in [0.5, 0.6) is 5.88 Å². The highest BCUT2D eigenvalue weighted by atomic mass is 19.4. The van der Waals surface area contributed by atoms with E-state index >= 15 is 0 Å². The molecule has 0 N–H and O–H groups in total. The van der Waals surface area contributed by atoms with E-state index in [2.05, 4.69) is 27.6 Å². The highest BCUT2D eigenvalue weighted by Crippen LogP contribution is 2.33. The molecule has 4 rings (SSSR count). The number of nitrogens with zero attached hydrogens (tertiary/aromatic N) is 6. The number of amides is 2. The molecule has 1 fully saturated rings. The van der Waals surface area contributed by atoms with E-state index in [-0.39, 0.29) is 52.5 Å². The number of piperazine rings is 1. The van der Waals surface area contributed by atoms with Crippen LogP contribution in [0.25, 0.3) is 29.5 Å². The minimum absolute atomic E-state index is 0.0697. The fourth-order valence-electron chi connectivity index (χ4n) is 4.75. The fraction of sp³-hybridized carbons (Fsp3) is 0.290. The van der Waals surface area contributed by atoms with Gasteiger partial charge in [0.1, 0.15) is 18.0 Å². The molecule has 0 radical (unpaired) electrons. The molecule has 3 aromatic rings. The van der Waals surface area contributed by atoms with E-state index in [9.17, 15) is 28.0 Å². The lowest BCUT2D eigenvalue weighted by atomic mass is 10.0. The molecule has 0 aliphatic carbocycles. The van der Waals surface area contributed by atoms with Crippen LogP contribution in [-0.2, 0) is 11.0 Å². The van der Waals surface area contributed by atoms with Gasteiger partial charge in [0.05, 0.1) is 23.7 Å². The summed E-state index contributed by atoms with van der Waals surface area (Å²) in [5.74, 6) is -0.480. The third-order valence-corrected chi connectivity index (χ3v) is 7.13. The fourth-order valence-corrected chi connectivity index (χ4v) is 4.75. The van der Waals surface area contributed by atoms with Gasteiger partial charge in [-0.25, -0.2) is 15.0 Å². The molecule has 0 atom stereocenters. The first kappa shape index (κ1) is 30.9. The lowest BCUT2D eigenvalue weighted by molar-refractivity contribution is -0.137. The molecule has 43 heavy (non-hydrogen) atoms. The third kappa shape index (κ3) is 6.89. The van der Waals surface area contributed by atoms with Gasteiger partial charge in [0.25, 0.3) is 5.91 Å². The molecule has 0 unspecified atom stereocenters. The van der Waals surface area contributed by atoms with E-state index in [1.54, 1.807) is 29.3 Å². The van der Waals surface area contributed by atoms with Crippen molar-refractivity contribution in [2.75, 3.05) is 33.3 Å². The molecule has 0 saturated carbocycles. The Labute approximate surface area is 246 Å². The number of pyridine rings is 1. The van der Waals surface area contributed by atoms with Gasteiger partial charge in [-0.15, -0.1) is 0 Å². The summed E-state index contributed by atoms with van der Waals surface area (Å²) in [6.07, 6.45) is 2.11. The molecular weight excluding hydrogens is 561 g/mol. The largest absolute Gasteiger partial charge is 0.480 e. The third-order valence-electron chi connectivity index (χ3n) is 7.13. The number of carbonyl (C=O) groups is 2. The summed E-state index contributed by atoms with van der Waals surface area (Å²) in [5.41, 5.74) is 0.875. The number of rotatable bonds is 6. The summed E-state index contributed by atoms with van der Waals surface area (Å²) in [4.78, 5) is 40.6. The number of halogens is 3. The standard InChI is InChI=1S/C31H29F3N6O3/c1-5-21(25-13-24(16-35)29(43-4)36-17-25)6-7-27-19(2)28(38-18-37-27)22-12-23(15-26(14-22)31(32,33)34)30(42)40-10-8-39(9-11-40)20(3)41/h6-7,12-15,17-18H,2,5,8-11H2,1,3-4H3. The van der Waals surface area contributed by atoms with Crippen LogP contribution in [0.1, 0.15) is 47.3 Å². The van der Waals surface area contributed by atoms with Crippen molar-refractivity contribution in [3.8, 4) is 23.2 Å². The molecule has 1 aliphatic rings. The first-order valence-electron chi connectivity index (χ1n) is 13.4. The Morgan fingerprint density at radius 3 is 2.37 bits per heavy atom. The number of hydrogen-bond acceptors (Lipinski definition) is 7. The molecule has 9 nitrogen and oxygen atoms in total. The second-order valence-corrected chi connectivity index (χ2v) is 9.79. The van der Waals surface area contributed by atoms with Crippen LogP contribution in [0.3, 0.4) is 0 Å². The van der Waals surface area contributed by atoms with Gasteiger partial charge >= 0.3 is 6.18 Å². The Kier molecular flexibility index (Phi) is 9.24. The van der Waals surface area contributed by atoms with Gasteiger partial charge in [0.2, 0.25) is 11.8 Å². The summed E-state index contributed by atoms with van der Waals surface area (Å²) >= 11 is 0. The molecule has 1 aliphatic heterocycles. The summed E-state index contributed by atoms with van der Waals surface area (Å²) < 4.78 is 46.9. The van der Waals surface area contributed by atoms with E-state index in [1.807, 2.05) is 6.92 Å². The van der Waals surface area contributed by atoms with Crippen molar-refractivity contribution >= 4 is 30.0 Å². The van der Waals surface area contributed by atoms with Gasteiger partial charge in [-0.2, -0.15) is 18.4 Å². The lowest BCUT2D eigenvalue weighted by Gasteiger charge is -2.34. The highest BCUT2D eigenvalue weighted by molar-refractivity contribution is 5.96. The number of ether oxygens (including phenoxy) is 1. The predicted octanol–water partition coefficient (Wildman–Crippen LogP) is 3.43. The van der Waals surface area contributed by atoms with Crippen molar-refractivity contribution in [1.82, 2.24) is 24.8 Å². The Morgan fingerprint density at radius 1 is 1.07 bits per heavy atom. The maximum atomic E-state index is 13.9. The minimum Gasteiger partial charge on any atom is -0.480 e. The quantitative estimate of drug-likeness (QED) is 0.433. The number of methoxy groups -OCH3 is 1. The second kappa shape index (κ2) is 12.9. The Morgan fingerprint density at radius 2 is 1.77 bits per heavy atom. The van der Waals surface area contributed by atoms with E-state index in [1.165, 1.54) is 31.3 Å². The average Bonchev–Trinajstić information content (AvgIpc) is 3.00. The average molecular weight is 591 g/mol. The summed E-state index contributed by atoms with van der Waals surface area (Å²) in [6.45, 7) is 8.42. The first-order chi connectivity index (χ1) is 20.5. The van der Waals surface area contributed by atoms with Crippen LogP contribution in [0.15, 0.2) is 42.9 Å². The molecule has 3 heterocycles. The van der Waals surface area contributed by atoms with Gasteiger partial charge in [0.15, 0.2) is 0 Å². The van der Waals surface area contributed by atoms with Gasteiger partial charge in [0, 0.05) is 55.6 Å². The Balaban J connectivity index is 1.74. The monoisotopic (exact) mass is 590 g/mol. The van der Waals surface area contributed by atoms with Gasteiger partial charge in [-0.1, -0.05) is 19.6 Å². The molecule has 0 bridgehead atoms. The van der Waals surface area contributed by atoms with Gasteiger partial charge in [-0.3, -0.25) is 9.59 Å². The van der Waals surface area contributed by atoms with Crippen molar-refractivity contribution in [3.05, 3.63) is 75.7 Å². The Hall–Kier alpha value is -5.05. The maximum absolute atomic E-state index is 13.9. The molecule has 0 spiro atoms. The van der Waals surface area contributed by atoms with Crippen LogP contribution in [-0.4, -0.2) is 69.9 Å². The van der Waals surface area contributed by atoms with Crippen LogP contribution < -0.4 is 15.3 Å². The summed E-state index contributed by atoms with van der Waals surface area (Å²) in [5, 5.41) is 10.0. The van der Waals surface area contributed by atoms with Gasteiger partial charge < -0.3 is 14.5 Å². The number of benzene rings is 1. The van der Waals surface area contributed by atoms with E-state index in [0.29, 0.717) is 30.4 Å². The normalized spacial score (nSPS) is 14.4. The Bertz CT molecular complexity index is 1740. The SMILES string of the molecule is C=c1c(-c2cc(C(=O)N3CCN(C(C)=O)CC3)cc(C(F)(F)F)c2)ncnc1=CC=C(CC)c1cnc(OC)c(C#N)c1. The number of allylic oxidation sites excluding steroid dienone is 2. The zero-order valence-electron chi connectivity index (χ0n) is 23.9. The predicted molar refractivity (Wildman–Crippen MR) is 154 cm³/mol. The van der Waals surface area contributed by atoms with Crippen molar-refractivity contribution in [3.63, 3.8) is 0 Å². The molecule has 12 heteroatoms. The minimum atomic E-state index is -4.71. The zero-order valence-corrected chi connectivity index (χ0v) is 23.9. The first-order valence-corrected chi connectivity index (χ1v) is 13.4. The number of aromatic nitrogens is 3. The van der Waals surface area contributed by atoms with Crippen LogP contribution in [0, 0.1) is 11.3 Å². The molecule has 1 aromatic carbocycles. The number of alkyl halides is 3. The van der Waals surface area contributed by atoms with Crippen molar-refractivity contribution in [1.29, 1.82) is 5.26 Å². The number of carbonyl (C=O) groups excluding carboxylic acids is 2. The van der Waals surface area contributed by atoms with E-state index in [0.717, 1.165) is 17.7 Å². The number of hydrogen-bond donors (Lipinski definition) is 0. The highest BCUT2D eigenvalue weighted by Gasteiger charge is 2.33. The smallest absolute Gasteiger partial charge is 0.416 e. The zero-order chi connectivity index (χ0) is 31.3. The second-order valence-electron chi connectivity index (χ2n) is 9.79. The molecule has 2 amide bonds. The summed E-state index contributed by atoms with van der Waals surface area (Å²) in [6, 6.07) is 6.84. The maximum Gasteiger partial charge on any atom is 0.416 e. The van der Waals surface area contributed by atoms with Crippen molar-refractivity contribution in [2.45, 2.75) is 26.4 Å². The summed E-state index contributed by atoms with van der Waals surface area (Å²) in [7, 11) is 1.43. The van der Waals surface area contributed by atoms with Crippen LogP contribution in [0.2, 0.25) is 0 Å². The van der Waals surface area contributed by atoms with Crippen molar-refractivity contribution < 1.29 is 27.5 Å². The van der Waals surface area contributed by atoms with Crippen molar-refractivity contribution in [2.24, 2.45) is 0 Å². The molecule has 2 aromatic heterocycles. The van der Waals surface area contributed by atoms with E-state index in [4.69, 9.17) is 4.74 Å². The van der Waals surface area contributed by atoms with E-state index < -0.39 is 17.6 Å². The topological polar surface area (TPSA) is 112 Å². The van der Waals surface area contributed by atoms with Crippen LogP contribution >= 0.6 is 0 Å². The number of nitriles is 1. The molecule has 1 saturated heterocycles. The lowest BCUT2D eigenvalue weighted by Crippen LogP contribution is -2.50. The van der Waals surface area contributed by atoms with Crippen LogP contribution in [0.4, 0.5) is 13.2 Å².